The normalized spacial score (nSPS) is 53.5. The zero-order chi connectivity index (χ0) is 8.28. The molecule has 0 unspecified atom stereocenters. The third kappa shape index (κ3) is 0.752. The van der Waals surface area contributed by atoms with Gasteiger partial charge >= 0.3 is 0 Å². The van der Waals surface area contributed by atoms with Gasteiger partial charge in [0.25, 0.3) is 0 Å². The van der Waals surface area contributed by atoms with Crippen LogP contribution in [0.15, 0.2) is 0 Å². The molecule has 1 heteroatoms. The van der Waals surface area contributed by atoms with Gasteiger partial charge in [0.15, 0.2) is 0 Å². The van der Waals surface area contributed by atoms with Gasteiger partial charge in [-0.3, -0.25) is 0 Å². The summed E-state index contributed by atoms with van der Waals surface area (Å²) >= 11 is 0. The third-order valence-electron chi connectivity index (χ3n) is 4.38. The Morgan fingerprint density at radius 2 is 1.91 bits per heavy atom. The summed E-state index contributed by atoms with van der Waals surface area (Å²) in [7, 11) is 0. The highest BCUT2D eigenvalue weighted by molar-refractivity contribution is 5.10. The molecule has 0 aromatic carbocycles. The molecule has 0 saturated heterocycles. The van der Waals surface area contributed by atoms with Gasteiger partial charge in [0.1, 0.15) is 0 Å². The van der Waals surface area contributed by atoms with Crippen LogP contribution in [-0.4, -0.2) is 6.04 Å². The molecule has 0 aromatic rings. The molecule has 0 radical (unpaired) electrons. The van der Waals surface area contributed by atoms with E-state index in [0.29, 0.717) is 16.9 Å². The number of nitrogens with two attached hydrogens (primary N) is 1. The molecule has 2 fully saturated rings. The summed E-state index contributed by atoms with van der Waals surface area (Å²) < 4.78 is 0. The molecule has 2 saturated carbocycles. The van der Waals surface area contributed by atoms with Crippen LogP contribution < -0.4 is 5.73 Å². The molecule has 11 heavy (non-hydrogen) atoms. The monoisotopic (exact) mass is 153 g/mol. The minimum Gasteiger partial charge on any atom is -0.327 e. The number of rotatable bonds is 0. The maximum Gasteiger partial charge on any atom is 0.0147 e. The van der Waals surface area contributed by atoms with Crippen LogP contribution in [-0.2, 0) is 0 Å². The van der Waals surface area contributed by atoms with Gasteiger partial charge in [-0.1, -0.05) is 20.8 Å². The van der Waals surface area contributed by atoms with E-state index in [-0.39, 0.29) is 0 Å². The van der Waals surface area contributed by atoms with E-state index in [1.807, 2.05) is 0 Å². The first kappa shape index (κ1) is 7.60. The van der Waals surface area contributed by atoms with Gasteiger partial charge in [0, 0.05) is 6.04 Å². The minimum absolute atomic E-state index is 0.410. The molecule has 2 aliphatic rings. The van der Waals surface area contributed by atoms with E-state index in [2.05, 4.69) is 20.8 Å². The van der Waals surface area contributed by atoms with Crippen LogP contribution in [0.2, 0.25) is 0 Å². The van der Waals surface area contributed by atoms with Crippen molar-refractivity contribution < 1.29 is 0 Å². The lowest BCUT2D eigenvalue weighted by Crippen LogP contribution is -2.46. The van der Waals surface area contributed by atoms with Gasteiger partial charge in [0.2, 0.25) is 0 Å². The van der Waals surface area contributed by atoms with E-state index >= 15 is 0 Å². The second-order valence-corrected chi connectivity index (χ2v) is 5.39. The Kier molecular flexibility index (Phi) is 1.26. The Hall–Kier alpha value is -0.0400. The van der Waals surface area contributed by atoms with Gasteiger partial charge in [-0.25, -0.2) is 0 Å². The average molecular weight is 153 g/mol. The van der Waals surface area contributed by atoms with Crippen LogP contribution >= 0.6 is 0 Å². The van der Waals surface area contributed by atoms with Gasteiger partial charge in [-0.2, -0.15) is 0 Å². The van der Waals surface area contributed by atoms with Crippen molar-refractivity contribution >= 4 is 0 Å². The topological polar surface area (TPSA) is 26.0 Å². The first-order valence-electron chi connectivity index (χ1n) is 4.72. The Bertz CT molecular complexity index is 181. The lowest BCUT2D eigenvalue weighted by molar-refractivity contribution is 0.141. The second kappa shape index (κ2) is 1.82. The molecule has 2 rings (SSSR count). The van der Waals surface area contributed by atoms with E-state index in [0.717, 1.165) is 5.92 Å². The average Bonchev–Trinajstić information content (AvgIpc) is 2.36. The number of hydrogen-bond donors (Lipinski definition) is 1. The fourth-order valence-electron chi connectivity index (χ4n) is 3.34. The zero-order valence-corrected chi connectivity index (χ0v) is 7.85. The fraction of sp³-hybridized carbons (Fsp3) is 1.00. The highest BCUT2D eigenvalue weighted by Gasteiger charge is 2.57. The van der Waals surface area contributed by atoms with Crippen molar-refractivity contribution in [2.75, 3.05) is 0 Å². The summed E-state index contributed by atoms with van der Waals surface area (Å²) in [5.41, 5.74) is 7.12. The molecule has 0 spiro atoms. The Labute approximate surface area is 69.4 Å². The summed E-state index contributed by atoms with van der Waals surface area (Å²) in [5.74, 6) is 0.905. The predicted octanol–water partition coefficient (Wildman–Crippen LogP) is 2.16. The van der Waals surface area contributed by atoms with Gasteiger partial charge in [0.05, 0.1) is 0 Å². The summed E-state index contributed by atoms with van der Waals surface area (Å²) in [6.07, 6.45) is 4.15. The van der Waals surface area contributed by atoms with Gasteiger partial charge in [-0.15, -0.1) is 0 Å². The van der Waals surface area contributed by atoms with Crippen molar-refractivity contribution in [1.82, 2.24) is 0 Å². The Morgan fingerprint density at radius 1 is 1.27 bits per heavy atom. The summed E-state index contributed by atoms with van der Waals surface area (Å²) in [6.45, 7) is 7.05. The van der Waals surface area contributed by atoms with E-state index in [1.165, 1.54) is 19.3 Å². The molecule has 0 amide bonds. The quantitative estimate of drug-likeness (QED) is 0.567. The van der Waals surface area contributed by atoms with Crippen LogP contribution in [0.5, 0.6) is 0 Å². The smallest absolute Gasteiger partial charge is 0.0147 e. The maximum atomic E-state index is 6.23. The third-order valence-corrected chi connectivity index (χ3v) is 4.38. The molecule has 64 valence electrons. The summed E-state index contributed by atoms with van der Waals surface area (Å²) in [5, 5.41) is 0. The maximum absolute atomic E-state index is 6.23. The first-order chi connectivity index (χ1) is 4.97. The summed E-state index contributed by atoms with van der Waals surface area (Å²) in [4.78, 5) is 0. The Balaban J connectivity index is 2.34. The molecule has 0 aromatic heterocycles. The molecule has 0 aliphatic heterocycles. The van der Waals surface area contributed by atoms with E-state index < -0.39 is 0 Å². The predicted molar refractivity (Wildman–Crippen MR) is 47.2 cm³/mol. The molecule has 2 N–H and O–H groups in total. The van der Waals surface area contributed by atoms with Crippen molar-refractivity contribution in [3.8, 4) is 0 Å². The van der Waals surface area contributed by atoms with Crippen molar-refractivity contribution in [2.45, 2.75) is 46.1 Å². The molecule has 0 heterocycles. The molecule has 2 aliphatic carbocycles. The zero-order valence-electron chi connectivity index (χ0n) is 7.85. The lowest BCUT2D eigenvalue weighted by atomic mass is 9.69. The van der Waals surface area contributed by atoms with E-state index in [9.17, 15) is 0 Å². The van der Waals surface area contributed by atoms with Crippen molar-refractivity contribution in [3.63, 3.8) is 0 Å². The van der Waals surface area contributed by atoms with Crippen LogP contribution in [0.25, 0.3) is 0 Å². The second-order valence-electron chi connectivity index (χ2n) is 5.39. The van der Waals surface area contributed by atoms with Crippen molar-refractivity contribution in [1.29, 1.82) is 0 Å². The van der Waals surface area contributed by atoms with Crippen LogP contribution in [0.4, 0.5) is 0 Å². The molecular weight excluding hydrogens is 134 g/mol. The Morgan fingerprint density at radius 3 is 2.18 bits per heavy atom. The molecule has 1 nitrogen and oxygen atoms in total. The van der Waals surface area contributed by atoms with E-state index in [4.69, 9.17) is 5.73 Å². The number of hydrogen-bond acceptors (Lipinski definition) is 1. The van der Waals surface area contributed by atoms with Crippen molar-refractivity contribution in [3.05, 3.63) is 0 Å². The first-order valence-corrected chi connectivity index (χ1v) is 4.72. The molecule has 3 atom stereocenters. The summed E-state index contributed by atoms with van der Waals surface area (Å²) in [6, 6.07) is 0.439. The highest BCUT2D eigenvalue weighted by Crippen LogP contribution is 2.61. The van der Waals surface area contributed by atoms with Crippen LogP contribution in [0.1, 0.15) is 40.0 Å². The van der Waals surface area contributed by atoms with Crippen LogP contribution in [0.3, 0.4) is 0 Å². The van der Waals surface area contributed by atoms with Gasteiger partial charge < -0.3 is 5.73 Å². The molecular formula is C10H19N. The van der Waals surface area contributed by atoms with Crippen LogP contribution in [0, 0.1) is 16.7 Å². The highest BCUT2D eigenvalue weighted by atomic mass is 14.8. The standard InChI is InChI=1S/C10H19N/c1-9(2)7-4-5-10(3,6-7)8(9)11/h7-8H,4-6,11H2,1-3H3/t7-,8-,10+/m1/s1. The van der Waals surface area contributed by atoms with E-state index in [1.54, 1.807) is 0 Å². The SMILES string of the molecule is CC1(C)[C@@H]2CC[C@@](C)(C2)[C@@H]1N. The largest absolute Gasteiger partial charge is 0.327 e. The molecule has 2 bridgehead atoms. The fourth-order valence-corrected chi connectivity index (χ4v) is 3.34. The lowest BCUT2D eigenvalue weighted by Gasteiger charge is -2.40. The van der Waals surface area contributed by atoms with Crippen molar-refractivity contribution in [2.24, 2.45) is 22.5 Å². The van der Waals surface area contributed by atoms with Gasteiger partial charge in [-0.05, 0) is 36.0 Å². The minimum atomic E-state index is 0.410. The number of fused-ring (bicyclic) bond motifs is 2.